The molecule has 1 amide bonds. The molecule has 0 bridgehead atoms. The van der Waals surface area contributed by atoms with E-state index in [1.54, 1.807) is 0 Å². The Morgan fingerprint density at radius 3 is 2.52 bits per heavy atom. The van der Waals surface area contributed by atoms with Crippen molar-refractivity contribution in [1.29, 1.82) is 0 Å². The van der Waals surface area contributed by atoms with Crippen LogP contribution in [-0.2, 0) is 4.79 Å². The van der Waals surface area contributed by atoms with E-state index in [9.17, 15) is 4.79 Å². The van der Waals surface area contributed by atoms with E-state index in [1.807, 2.05) is 12.1 Å². The average Bonchev–Trinajstić information content (AvgIpc) is 2.56. The summed E-state index contributed by atoms with van der Waals surface area (Å²) in [4.78, 5) is 14.4. The van der Waals surface area contributed by atoms with Gasteiger partial charge in [0.1, 0.15) is 0 Å². The molecule has 1 unspecified atom stereocenters. The summed E-state index contributed by atoms with van der Waals surface area (Å²) in [5.74, 6) is 0.911. The fraction of sp³-hybridized carbons (Fsp3) is 0.632. The quantitative estimate of drug-likeness (QED) is 0.807. The fourth-order valence-corrected chi connectivity index (χ4v) is 2.82. The molecular weight excluding hydrogens is 286 g/mol. The Morgan fingerprint density at radius 1 is 1.26 bits per heavy atom. The van der Waals surface area contributed by atoms with Crippen molar-refractivity contribution in [2.45, 2.75) is 52.5 Å². The molecule has 1 atom stereocenters. The number of benzene rings is 1. The van der Waals surface area contributed by atoms with Gasteiger partial charge in [0.15, 0.2) is 0 Å². The van der Waals surface area contributed by atoms with Crippen LogP contribution in [0.1, 0.15) is 46.5 Å². The molecule has 1 heterocycles. The number of carbonyl (C=O) groups excluding carboxylic acids is 1. The first kappa shape index (κ1) is 17.8. The van der Waals surface area contributed by atoms with Gasteiger partial charge in [-0.05, 0) is 56.4 Å². The zero-order valence-electron chi connectivity index (χ0n) is 14.8. The van der Waals surface area contributed by atoms with Crippen molar-refractivity contribution in [2.75, 3.05) is 29.9 Å². The van der Waals surface area contributed by atoms with Crippen LogP contribution in [0.5, 0.6) is 0 Å². The van der Waals surface area contributed by atoms with Crippen LogP contribution in [0.25, 0.3) is 0 Å². The SMILES string of the molecule is CCC(C)NCCC(=O)Nc1ccc(N2CCC(C)CC2)cc1. The maximum absolute atomic E-state index is 11.9. The molecule has 2 rings (SSSR count). The molecule has 0 aromatic heterocycles. The lowest BCUT2D eigenvalue weighted by Gasteiger charge is -2.32. The maximum atomic E-state index is 11.9. The van der Waals surface area contributed by atoms with Crippen LogP contribution in [0, 0.1) is 5.92 Å². The van der Waals surface area contributed by atoms with Crippen LogP contribution in [0.15, 0.2) is 24.3 Å². The fourth-order valence-electron chi connectivity index (χ4n) is 2.82. The molecule has 4 nitrogen and oxygen atoms in total. The lowest BCUT2D eigenvalue weighted by Crippen LogP contribution is -2.32. The summed E-state index contributed by atoms with van der Waals surface area (Å²) >= 11 is 0. The van der Waals surface area contributed by atoms with E-state index < -0.39 is 0 Å². The van der Waals surface area contributed by atoms with Crippen LogP contribution in [-0.4, -0.2) is 31.6 Å². The third kappa shape index (κ3) is 5.87. The van der Waals surface area contributed by atoms with E-state index in [1.165, 1.54) is 18.5 Å². The number of nitrogens with one attached hydrogen (secondary N) is 2. The third-order valence-electron chi connectivity index (χ3n) is 4.76. The molecule has 0 spiro atoms. The molecule has 0 saturated carbocycles. The zero-order valence-corrected chi connectivity index (χ0v) is 14.8. The van der Waals surface area contributed by atoms with E-state index in [-0.39, 0.29) is 5.91 Å². The number of piperidine rings is 1. The molecule has 0 aliphatic carbocycles. The Bertz CT molecular complexity index is 478. The van der Waals surface area contributed by atoms with E-state index in [2.05, 4.69) is 48.4 Å². The molecule has 2 N–H and O–H groups in total. The van der Waals surface area contributed by atoms with Crippen LogP contribution in [0.3, 0.4) is 0 Å². The molecule has 128 valence electrons. The maximum Gasteiger partial charge on any atom is 0.225 e. The van der Waals surface area contributed by atoms with Gasteiger partial charge in [0.2, 0.25) is 5.91 Å². The van der Waals surface area contributed by atoms with Crippen molar-refractivity contribution >= 4 is 17.3 Å². The van der Waals surface area contributed by atoms with Crippen molar-refractivity contribution in [3.8, 4) is 0 Å². The second-order valence-corrected chi connectivity index (χ2v) is 6.78. The molecule has 1 fully saturated rings. The molecular formula is C19H31N3O. The number of hydrogen-bond acceptors (Lipinski definition) is 3. The summed E-state index contributed by atoms with van der Waals surface area (Å²) in [5, 5.41) is 6.31. The van der Waals surface area contributed by atoms with Crippen LogP contribution < -0.4 is 15.5 Å². The number of nitrogens with zero attached hydrogens (tertiary/aromatic N) is 1. The number of carbonyl (C=O) groups is 1. The van der Waals surface area contributed by atoms with E-state index in [4.69, 9.17) is 0 Å². The molecule has 0 radical (unpaired) electrons. The molecule has 1 aromatic rings. The highest BCUT2D eigenvalue weighted by Crippen LogP contribution is 2.24. The molecule has 1 aliphatic heterocycles. The van der Waals surface area contributed by atoms with Crippen LogP contribution in [0.2, 0.25) is 0 Å². The summed E-state index contributed by atoms with van der Waals surface area (Å²) in [6.45, 7) is 9.60. The topological polar surface area (TPSA) is 44.4 Å². The summed E-state index contributed by atoms with van der Waals surface area (Å²) in [7, 11) is 0. The van der Waals surface area contributed by atoms with Crippen molar-refractivity contribution in [3.63, 3.8) is 0 Å². The highest BCUT2D eigenvalue weighted by atomic mass is 16.1. The van der Waals surface area contributed by atoms with Gasteiger partial charge in [-0.3, -0.25) is 4.79 Å². The molecule has 1 aromatic carbocycles. The Labute approximate surface area is 140 Å². The average molecular weight is 317 g/mol. The first-order valence-corrected chi connectivity index (χ1v) is 8.96. The summed E-state index contributed by atoms with van der Waals surface area (Å²) in [5.41, 5.74) is 2.14. The number of rotatable bonds is 7. The normalized spacial score (nSPS) is 17.1. The largest absolute Gasteiger partial charge is 0.372 e. The predicted molar refractivity (Wildman–Crippen MR) is 98.1 cm³/mol. The Hall–Kier alpha value is -1.55. The van der Waals surface area contributed by atoms with Crippen molar-refractivity contribution in [2.24, 2.45) is 5.92 Å². The van der Waals surface area contributed by atoms with Gasteiger partial charge in [0.25, 0.3) is 0 Å². The van der Waals surface area contributed by atoms with Crippen molar-refractivity contribution in [1.82, 2.24) is 5.32 Å². The minimum atomic E-state index is 0.0698. The van der Waals surface area contributed by atoms with Gasteiger partial charge in [-0.2, -0.15) is 0 Å². The van der Waals surface area contributed by atoms with Gasteiger partial charge >= 0.3 is 0 Å². The van der Waals surface area contributed by atoms with Gasteiger partial charge in [0.05, 0.1) is 0 Å². The van der Waals surface area contributed by atoms with Crippen molar-refractivity contribution in [3.05, 3.63) is 24.3 Å². The first-order chi connectivity index (χ1) is 11.1. The predicted octanol–water partition coefficient (Wildman–Crippen LogP) is 3.64. The summed E-state index contributed by atoms with van der Waals surface area (Å²) in [6, 6.07) is 8.71. The van der Waals surface area contributed by atoms with Gasteiger partial charge in [0, 0.05) is 43.5 Å². The summed E-state index contributed by atoms with van der Waals surface area (Å²) < 4.78 is 0. The third-order valence-corrected chi connectivity index (χ3v) is 4.76. The van der Waals surface area contributed by atoms with E-state index >= 15 is 0 Å². The standard InChI is InChI=1S/C19H31N3O/c1-4-16(3)20-12-9-19(23)21-17-5-7-18(8-6-17)22-13-10-15(2)11-14-22/h5-8,15-16,20H,4,9-14H2,1-3H3,(H,21,23). The minimum absolute atomic E-state index is 0.0698. The van der Waals surface area contributed by atoms with Gasteiger partial charge in [-0.15, -0.1) is 0 Å². The lowest BCUT2D eigenvalue weighted by atomic mass is 9.99. The lowest BCUT2D eigenvalue weighted by molar-refractivity contribution is -0.116. The Morgan fingerprint density at radius 2 is 1.91 bits per heavy atom. The Balaban J connectivity index is 1.77. The number of anilines is 2. The monoisotopic (exact) mass is 317 g/mol. The van der Waals surface area contributed by atoms with E-state index in [0.29, 0.717) is 12.5 Å². The second-order valence-electron chi connectivity index (χ2n) is 6.78. The molecule has 1 aliphatic rings. The molecule has 1 saturated heterocycles. The van der Waals surface area contributed by atoms with Crippen LogP contribution >= 0.6 is 0 Å². The highest BCUT2D eigenvalue weighted by molar-refractivity contribution is 5.91. The molecule has 4 heteroatoms. The zero-order chi connectivity index (χ0) is 16.7. The van der Waals surface area contributed by atoms with Gasteiger partial charge in [-0.25, -0.2) is 0 Å². The smallest absolute Gasteiger partial charge is 0.225 e. The van der Waals surface area contributed by atoms with Gasteiger partial charge in [-0.1, -0.05) is 13.8 Å². The van der Waals surface area contributed by atoms with Crippen molar-refractivity contribution < 1.29 is 4.79 Å². The summed E-state index contributed by atoms with van der Waals surface area (Å²) in [6.07, 6.45) is 4.12. The molecule has 23 heavy (non-hydrogen) atoms. The number of amides is 1. The second kappa shape index (κ2) is 8.92. The first-order valence-electron chi connectivity index (χ1n) is 8.96. The number of hydrogen-bond donors (Lipinski definition) is 2. The minimum Gasteiger partial charge on any atom is -0.372 e. The van der Waals surface area contributed by atoms with Gasteiger partial charge < -0.3 is 15.5 Å². The Kier molecular flexibility index (Phi) is 6.90. The van der Waals surface area contributed by atoms with Crippen LogP contribution in [0.4, 0.5) is 11.4 Å². The van der Waals surface area contributed by atoms with E-state index in [0.717, 1.165) is 37.7 Å². The highest BCUT2D eigenvalue weighted by Gasteiger charge is 2.15.